The van der Waals surface area contributed by atoms with Crippen molar-refractivity contribution in [1.29, 1.82) is 0 Å². The van der Waals surface area contributed by atoms with E-state index in [4.69, 9.17) is 5.73 Å². The largest absolute Gasteiger partial charge is 0.369 e. The van der Waals surface area contributed by atoms with Gasteiger partial charge in [0.2, 0.25) is 5.91 Å². The molecule has 3 heteroatoms. The van der Waals surface area contributed by atoms with Crippen LogP contribution in [0.4, 0.5) is 0 Å². The number of hydrogen-bond donors (Lipinski definition) is 2. The number of piperidine rings is 1. The van der Waals surface area contributed by atoms with E-state index < -0.39 is 0 Å². The number of carbonyl (C=O) groups excluding carboxylic acids is 1. The van der Waals surface area contributed by atoms with E-state index in [0.29, 0.717) is 5.92 Å². The third-order valence-electron chi connectivity index (χ3n) is 4.98. The van der Waals surface area contributed by atoms with Crippen LogP contribution in [0.25, 0.3) is 0 Å². The quantitative estimate of drug-likeness (QED) is 0.887. The molecule has 1 aromatic rings. The molecule has 1 aliphatic heterocycles. The summed E-state index contributed by atoms with van der Waals surface area (Å²) < 4.78 is 0. The minimum Gasteiger partial charge on any atom is -0.369 e. The smallest absolute Gasteiger partial charge is 0.222 e. The van der Waals surface area contributed by atoms with Gasteiger partial charge in [0.1, 0.15) is 0 Å². The number of fused-ring (bicyclic) bond motifs is 1. The van der Waals surface area contributed by atoms with Gasteiger partial charge in [0.25, 0.3) is 0 Å². The van der Waals surface area contributed by atoms with Crippen LogP contribution in [0.15, 0.2) is 24.3 Å². The molecular weight excluding hydrogens is 248 g/mol. The molecule has 2 aliphatic rings. The van der Waals surface area contributed by atoms with Crippen molar-refractivity contribution in [2.75, 3.05) is 6.54 Å². The molecule has 3 nitrogen and oxygen atoms in total. The predicted octanol–water partition coefficient (Wildman–Crippen LogP) is 2.35. The first kappa shape index (κ1) is 13.6. The van der Waals surface area contributed by atoms with Crippen molar-refractivity contribution >= 4 is 5.91 Å². The van der Waals surface area contributed by atoms with Crippen LogP contribution in [0, 0.1) is 5.92 Å². The van der Waals surface area contributed by atoms with E-state index in [9.17, 15) is 4.79 Å². The normalized spacial score (nSPS) is 29.7. The SMILES string of the molecule is NC(=O)C1CCCNC1CC1CCCc2ccccc21. The number of aryl methyl sites for hydroxylation is 1. The summed E-state index contributed by atoms with van der Waals surface area (Å²) in [5.41, 5.74) is 8.57. The molecule has 1 heterocycles. The summed E-state index contributed by atoms with van der Waals surface area (Å²) in [5, 5.41) is 3.53. The van der Waals surface area contributed by atoms with Gasteiger partial charge in [-0.3, -0.25) is 4.79 Å². The maximum atomic E-state index is 11.6. The molecule has 1 amide bonds. The van der Waals surface area contributed by atoms with Crippen LogP contribution in [0.5, 0.6) is 0 Å². The summed E-state index contributed by atoms with van der Waals surface area (Å²) in [6.45, 7) is 1.02. The number of primary amides is 1. The molecule has 3 unspecified atom stereocenters. The Labute approximate surface area is 120 Å². The maximum Gasteiger partial charge on any atom is 0.222 e. The number of rotatable bonds is 3. The lowest BCUT2D eigenvalue weighted by molar-refractivity contribution is -0.123. The van der Waals surface area contributed by atoms with Crippen molar-refractivity contribution in [3.63, 3.8) is 0 Å². The molecule has 0 saturated carbocycles. The Balaban J connectivity index is 1.76. The van der Waals surface area contributed by atoms with E-state index in [-0.39, 0.29) is 17.9 Å². The highest BCUT2D eigenvalue weighted by Gasteiger charge is 2.32. The summed E-state index contributed by atoms with van der Waals surface area (Å²) in [6, 6.07) is 9.05. The molecule has 1 aromatic carbocycles. The average Bonchev–Trinajstić information content (AvgIpc) is 2.48. The lowest BCUT2D eigenvalue weighted by Gasteiger charge is -2.35. The van der Waals surface area contributed by atoms with Crippen LogP contribution in [-0.2, 0) is 11.2 Å². The van der Waals surface area contributed by atoms with E-state index in [1.807, 2.05) is 0 Å². The van der Waals surface area contributed by atoms with E-state index in [2.05, 4.69) is 29.6 Å². The topological polar surface area (TPSA) is 55.1 Å². The van der Waals surface area contributed by atoms with E-state index in [1.54, 1.807) is 0 Å². The fourth-order valence-electron chi connectivity index (χ4n) is 3.95. The maximum absolute atomic E-state index is 11.6. The summed E-state index contributed by atoms with van der Waals surface area (Å²) in [4.78, 5) is 11.6. The summed E-state index contributed by atoms with van der Waals surface area (Å²) in [7, 11) is 0. The Bertz CT molecular complexity index is 486. The third kappa shape index (κ3) is 2.73. The first-order chi connectivity index (χ1) is 9.75. The highest BCUT2D eigenvalue weighted by atomic mass is 16.1. The van der Waals surface area contributed by atoms with Crippen molar-refractivity contribution in [3.05, 3.63) is 35.4 Å². The van der Waals surface area contributed by atoms with Gasteiger partial charge in [-0.05, 0) is 62.1 Å². The minimum absolute atomic E-state index is 0.0119. The van der Waals surface area contributed by atoms with Crippen LogP contribution >= 0.6 is 0 Å². The van der Waals surface area contributed by atoms with Gasteiger partial charge >= 0.3 is 0 Å². The van der Waals surface area contributed by atoms with Gasteiger partial charge < -0.3 is 11.1 Å². The van der Waals surface area contributed by atoms with Crippen molar-refractivity contribution in [1.82, 2.24) is 5.32 Å². The Morgan fingerprint density at radius 3 is 2.95 bits per heavy atom. The van der Waals surface area contributed by atoms with Gasteiger partial charge in [0.05, 0.1) is 5.92 Å². The van der Waals surface area contributed by atoms with Crippen molar-refractivity contribution in [2.24, 2.45) is 11.7 Å². The number of carbonyl (C=O) groups is 1. The molecule has 3 N–H and O–H groups in total. The van der Waals surface area contributed by atoms with Crippen LogP contribution < -0.4 is 11.1 Å². The molecule has 1 saturated heterocycles. The van der Waals surface area contributed by atoms with Gasteiger partial charge in [-0.25, -0.2) is 0 Å². The van der Waals surface area contributed by atoms with Crippen LogP contribution in [-0.4, -0.2) is 18.5 Å². The fourth-order valence-corrected chi connectivity index (χ4v) is 3.95. The molecule has 0 radical (unpaired) electrons. The first-order valence-corrected chi connectivity index (χ1v) is 7.86. The molecule has 3 rings (SSSR count). The molecule has 3 atom stereocenters. The predicted molar refractivity (Wildman–Crippen MR) is 80.4 cm³/mol. The summed E-state index contributed by atoms with van der Waals surface area (Å²) in [6.07, 6.45) is 6.75. The van der Waals surface area contributed by atoms with Gasteiger partial charge in [-0.1, -0.05) is 24.3 Å². The highest BCUT2D eigenvalue weighted by molar-refractivity contribution is 5.77. The second-order valence-electron chi connectivity index (χ2n) is 6.24. The van der Waals surface area contributed by atoms with E-state index in [1.165, 1.54) is 30.4 Å². The second-order valence-corrected chi connectivity index (χ2v) is 6.24. The monoisotopic (exact) mass is 272 g/mol. The number of benzene rings is 1. The Morgan fingerprint density at radius 1 is 1.25 bits per heavy atom. The second kappa shape index (κ2) is 5.96. The Morgan fingerprint density at radius 2 is 2.10 bits per heavy atom. The number of nitrogens with one attached hydrogen (secondary N) is 1. The standard InChI is InChI=1S/C17H24N2O/c18-17(20)15-9-4-10-19-16(15)11-13-7-3-6-12-5-1-2-8-14(12)13/h1-2,5,8,13,15-16,19H,3-4,6-7,9-11H2,(H2,18,20). The molecule has 0 aromatic heterocycles. The fraction of sp³-hybridized carbons (Fsp3) is 0.588. The molecule has 0 bridgehead atoms. The van der Waals surface area contributed by atoms with Crippen molar-refractivity contribution in [3.8, 4) is 0 Å². The number of nitrogens with two attached hydrogens (primary N) is 1. The minimum atomic E-state index is -0.133. The van der Waals surface area contributed by atoms with Gasteiger partial charge in [0, 0.05) is 6.04 Å². The molecule has 1 aliphatic carbocycles. The summed E-state index contributed by atoms with van der Waals surface area (Å²) in [5.74, 6) is 0.460. The Kier molecular flexibility index (Phi) is 4.06. The van der Waals surface area contributed by atoms with Gasteiger partial charge in [-0.15, -0.1) is 0 Å². The molecule has 20 heavy (non-hydrogen) atoms. The number of amides is 1. The zero-order valence-corrected chi connectivity index (χ0v) is 12.0. The van der Waals surface area contributed by atoms with Gasteiger partial charge in [-0.2, -0.15) is 0 Å². The van der Waals surface area contributed by atoms with Crippen LogP contribution in [0.3, 0.4) is 0 Å². The first-order valence-electron chi connectivity index (χ1n) is 7.86. The number of hydrogen-bond acceptors (Lipinski definition) is 2. The zero-order chi connectivity index (χ0) is 13.9. The Hall–Kier alpha value is -1.35. The third-order valence-corrected chi connectivity index (χ3v) is 4.98. The van der Waals surface area contributed by atoms with Crippen molar-refractivity contribution in [2.45, 2.75) is 50.5 Å². The van der Waals surface area contributed by atoms with Crippen molar-refractivity contribution < 1.29 is 4.79 Å². The molecule has 1 fully saturated rings. The highest BCUT2D eigenvalue weighted by Crippen LogP contribution is 2.36. The van der Waals surface area contributed by atoms with E-state index in [0.717, 1.165) is 25.8 Å². The molecular formula is C17H24N2O. The average molecular weight is 272 g/mol. The van der Waals surface area contributed by atoms with Crippen LogP contribution in [0.1, 0.15) is 49.1 Å². The zero-order valence-electron chi connectivity index (χ0n) is 12.0. The lowest BCUT2D eigenvalue weighted by Crippen LogP contribution is -2.47. The van der Waals surface area contributed by atoms with Gasteiger partial charge in [0.15, 0.2) is 0 Å². The summed E-state index contributed by atoms with van der Waals surface area (Å²) >= 11 is 0. The van der Waals surface area contributed by atoms with Crippen LogP contribution in [0.2, 0.25) is 0 Å². The van der Waals surface area contributed by atoms with E-state index >= 15 is 0 Å². The molecule has 108 valence electrons. The lowest BCUT2D eigenvalue weighted by atomic mass is 9.76. The molecule has 0 spiro atoms.